The van der Waals surface area contributed by atoms with Gasteiger partial charge in [-0.05, 0) is 18.1 Å². The number of hydrogen-bond donors (Lipinski definition) is 2. The van der Waals surface area contributed by atoms with Crippen LogP contribution in [0.4, 0.5) is 5.95 Å². The van der Waals surface area contributed by atoms with Crippen LogP contribution in [0.25, 0.3) is 5.65 Å². The van der Waals surface area contributed by atoms with Gasteiger partial charge in [0.25, 0.3) is 0 Å². The summed E-state index contributed by atoms with van der Waals surface area (Å²) in [5.41, 5.74) is 6.93. The van der Waals surface area contributed by atoms with Crippen LogP contribution in [-0.4, -0.2) is 26.4 Å². The number of nitrogen functional groups attached to an aromatic ring is 1. The summed E-state index contributed by atoms with van der Waals surface area (Å²) in [6.07, 6.45) is 2.59. The van der Waals surface area contributed by atoms with Crippen molar-refractivity contribution < 1.29 is 9.59 Å². The van der Waals surface area contributed by atoms with Crippen molar-refractivity contribution in [2.45, 2.75) is 18.8 Å². The molecule has 0 bridgehead atoms. The number of rotatable bonds is 1. The number of pyridine rings is 1. The van der Waals surface area contributed by atoms with Crippen LogP contribution in [-0.2, 0) is 9.59 Å². The normalized spacial score (nSPS) is 20.1. The van der Waals surface area contributed by atoms with E-state index in [1.807, 2.05) is 6.07 Å². The molecule has 0 radical (unpaired) electrons. The van der Waals surface area contributed by atoms with Gasteiger partial charge in [-0.15, -0.1) is 5.10 Å². The van der Waals surface area contributed by atoms with Gasteiger partial charge in [0.15, 0.2) is 5.65 Å². The monoisotopic (exact) mass is 245 g/mol. The number of fused-ring (bicyclic) bond motifs is 1. The predicted molar refractivity (Wildman–Crippen MR) is 62.5 cm³/mol. The van der Waals surface area contributed by atoms with Crippen molar-refractivity contribution in [2.24, 2.45) is 0 Å². The van der Waals surface area contributed by atoms with E-state index in [4.69, 9.17) is 5.73 Å². The van der Waals surface area contributed by atoms with Gasteiger partial charge in [-0.25, -0.2) is 4.52 Å². The Labute approximate surface area is 102 Å². The maximum absolute atomic E-state index is 11.7. The van der Waals surface area contributed by atoms with Gasteiger partial charge < -0.3 is 5.73 Å². The quantitative estimate of drug-likeness (QED) is 0.679. The number of anilines is 1. The van der Waals surface area contributed by atoms with Crippen LogP contribution in [0.15, 0.2) is 18.3 Å². The van der Waals surface area contributed by atoms with E-state index >= 15 is 0 Å². The molecule has 3 rings (SSSR count). The number of aromatic nitrogens is 3. The van der Waals surface area contributed by atoms with Gasteiger partial charge in [0.2, 0.25) is 17.8 Å². The first-order chi connectivity index (χ1) is 8.63. The molecule has 0 aliphatic carbocycles. The molecule has 0 saturated carbocycles. The molecule has 3 N–H and O–H groups in total. The fourth-order valence-electron chi connectivity index (χ4n) is 2.13. The smallest absolute Gasteiger partial charge is 0.240 e. The highest BCUT2D eigenvalue weighted by Gasteiger charge is 2.28. The van der Waals surface area contributed by atoms with Gasteiger partial charge in [0.1, 0.15) is 0 Å². The Hall–Kier alpha value is -2.44. The zero-order valence-electron chi connectivity index (χ0n) is 9.46. The highest BCUT2D eigenvalue weighted by atomic mass is 16.2. The standard InChI is InChI=1S/C11H11N5O2/c12-11-13-8-3-1-6(5-16(8)15-11)7-2-4-9(17)14-10(7)18/h1,3,5,7H,2,4H2,(H2,12,15)(H,14,17,18). The molecule has 7 heteroatoms. The van der Waals surface area contributed by atoms with E-state index in [0.29, 0.717) is 18.5 Å². The third-order valence-electron chi connectivity index (χ3n) is 3.01. The Morgan fingerprint density at radius 3 is 3.00 bits per heavy atom. The molecule has 3 heterocycles. The summed E-state index contributed by atoms with van der Waals surface area (Å²) in [5, 5.41) is 6.33. The Kier molecular flexibility index (Phi) is 2.26. The fraction of sp³-hybridized carbons (Fsp3) is 0.273. The molecular weight excluding hydrogens is 234 g/mol. The molecule has 18 heavy (non-hydrogen) atoms. The number of nitrogens with one attached hydrogen (secondary N) is 1. The van der Waals surface area contributed by atoms with Crippen molar-refractivity contribution in [1.82, 2.24) is 19.9 Å². The van der Waals surface area contributed by atoms with Crippen molar-refractivity contribution in [3.63, 3.8) is 0 Å². The summed E-state index contributed by atoms with van der Waals surface area (Å²) < 4.78 is 1.54. The largest absolute Gasteiger partial charge is 0.366 e. The number of piperidine rings is 1. The van der Waals surface area contributed by atoms with E-state index in [9.17, 15) is 9.59 Å². The summed E-state index contributed by atoms with van der Waals surface area (Å²) in [5.74, 6) is -0.617. The first kappa shape index (κ1) is 10.7. The minimum atomic E-state index is -0.322. The number of carbonyl (C=O) groups excluding carboxylic acids is 2. The number of hydrogen-bond acceptors (Lipinski definition) is 5. The molecule has 0 aromatic carbocycles. The second-order valence-electron chi connectivity index (χ2n) is 4.24. The highest BCUT2D eigenvalue weighted by Crippen LogP contribution is 2.24. The lowest BCUT2D eigenvalue weighted by Crippen LogP contribution is -2.39. The molecule has 1 saturated heterocycles. The zero-order valence-corrected chi connectivity index (χ0v) is 9.46. The molecule has 92 valence electrons. The summed E-state index contributed by atoms with van der Waals surface area (Å²) >= 11 is 0. The first-order valence-corrected chi connectivity index (χ1v) is 5.59. The minimum absolute atomic E-state index is 0.190. The molecule has 1 aliphatic rings. The van der Waals surface area contributed by atoms with Crippen molar-refractivity contribution in [3.8, 4) is 0 Å². The third-order valence-corrected chi connectivity index (χ3v) is 3.01. The first-order valence-electron chi connectivity index (χ1n) is 5.59. The van der Waals surface area contributed by atoms with Gasteiger partial charge in [-0.1, -0.05) is 6.07 Å². The van der Waals surface area contributed by atoms with E-state index in [2.05, 4.69) is 15.4 Å². The van der Waals surface area contributed by atoms with Crippen LogP contribution in [0, 0.1) is 0 Å². The second-order valence-corrected chi connectivity index (χ2v) is 4.24. The Bertz CT molecular complexity index is 648. The Balaban J connectivity index is 1.98. The number of nitrogens with zero attached hydrogens (tertiary/aromatic N) is 3. The van der Waals surface area contributed by atoms with Crippen LogP contribution in [0.5, 0.6) is 0 Å². The molecule has 2 amide bonds. The van der Waals surface area contributed by atoms with Gasteiger partial charge in [0.05, 0.1) is 5.92 Å². The maximum atomic E-state index is 11.7. The highest BCUT2D eigenvalue weighted by molar-refractivity contribution is 6.00. The molecular formula is C11H11N5O2. The van der Waals surface area contributed by atoms with Crippen molar-refractivity contribution in [3.05, 3.63) is 23.9 Å². The Morgan fingerprint density at radius 2 is 2.22 bits per heavy atom. The number of nitrogens with two attached hydrogens (primary N) is 1. The molecule has 0 spiro atoms. The van der Waals surface area contributed by atoms with Gasteiger partial charge >= 0.3 is 0 Å². The molecule has 7 nitrogen and oxygen atoms in total. The minimum Gasteiger partial charge on any atom is -0.366 e. The predicted octanol–water partition coefficient (Wildman–Crippen LogP) is -0.168. The lowest BCUT2D eigenvalue weighted by molar-refractivity contribution is -0.134. The summed E-state index contributed by atoms with van der Waals surface area (Å²) in [6, 6.07) is 3.56. The average molecular weight is 245 g/mol. The topological polar surface area (TPSA) is 102 Å². The molecule has 2 aromatic rings. The van der Waals surface area contributed by atoms with Crippen LogP contribution in [0.1, 0.15) is 24.3 Å². The van der Waals surface area contributed by atoms with Gasteiger partial charge in [-0.3, -0.25) is 14.9 Å². The number of amides is 2. The average Bonchev–Trinajstić information content (AvgIpc) is 2.68. The SMILES string of the molecule is Nc1nc2ccc(C3CCC(=O)NC3=O)cn2n1. The fourth-order valence-corrected chi connectivity index (χ4v) is 2.13. The summed E-state index contributed by atoms with van der Waals surface area (Å²) in [7, 11) is 0. The van der Waals surface area contributed by atoms with Crippen LogP contribution >= 0.6 is 0 Å². The third kappa shape index (κ3) is 1.69. The van der Waals surface area contributed by atoms with E-state index < -0.39 is 0 Å². The van der Waals surface area contributed by atoms with Crippen molar-refractivity contribution >= 4 is 23.4 Å². The van der Waals surface area contributed by atoms with E-state index in [-0.39, 0.29) is 23.7 Å². The maximum Gasteiger partial charge on any atom is 0.240 e. The summed E-state index contributed by atoms with van der Waals surface area (Å²) in [4.78, 5) is 26.8. The summed E-state index contributed by atoms with van der Waals surface area (Å²) in [6.45, 7) is 0. The van der Waals surface area contributed by atoms with Gasteiger partial charge in [0, 0.05) is 12.6 Å². The molecule has 1 aliphatic heterocycles. The molecule has 1 atom stereocenters. The Morgan fingerprint density at radius 1 is 1.39 bits per heavy atom. The second kappa shape index (κ2) is 3.80. The lowest BCUT2D eigenvalue weighted by atomic mass is 9.92. The van der Waals surface area contributed by atoms with E-state index in [0.717, 1.165) is 5.56 Å². The molecule has 2 aromatic heterocycles. The van der Waals surface area contributed by atoms with Gasteiger partial charge in [-0.2, -0.15) is 4.98 Å². The van der Waals surface area contributed by atoms with Crippen LogP contribution in [0.2, 0.25) is 0 Å². The van der Waals surface area contributed by atoms with Crippen molar-refractivity contribution in [2.75, 3.05) is 5.73 Å². The zero-order chi connectivity index (χ0) is 12.7. The van der Waals surface area contributed by atoms with Crippen LogP contribution < -0.4 is 11.1 Å². The van der Waals surface area contributed by atoms with Crippen molar-refractivity contribution in [1.29, 1.82) is 0 Å². The lowest BCUT2D eigenvalue weighted by Gasteiger charge is -2.20. The number of imide groups is 1. The molecule has 1 unspecified atom stereocenters. The number of carbonyl (C=O) groups is 2. The van der Waals surface area contributed by atoms with E-state index in [1.165, 1.54) is 4.52 Å². The van der Waals surface area contributed by atoms with Crippen LogP contribution in [0.3, 0.4) is 0 Å². The molecule has 1 fully saturated rings. The van der Waals surface area contributed by atoms with E-state index in [1.54, 1.807) is 12.3 Å².